The second-order valence-electron chi connectivity index (χ2n) is 10.2. The second-order valence-corrected chi connectivity index (χ2v) is 12.1. The lowest BCUT2D eigenvalue weighted by atomic mass is 10.0. The largest absolute Gasteiger partial charge is 0.352 e. The Labute approximate surface area is 237 Å². The average molecular weight is 568 g/mol. The van der Waals surface area contributed by atoms with Gasteiger partial charge < -0.3 is 10.2 Å². The molecule has 2 atom stereocenters. The highest BCUT2D eigenvalue weighted by Gasteiger charge is 2.34. The number of rotatable bonds is 12. The Morgan fingerprint density at radius 2 is 1.62 bits per heavy atom. The molecule has 0 saturated carbocycles. The summed E-state index contributed by atoms with van der Waals surface area (Å²) in [5.41, 5.74) is 2.93. The first-order valence-corrected chi connectivity index (χ1v) is 15.2. The topological polar surface area (TPSA) is 86.8 Å². The molecule has 1 N–H and O–H groups in total. The van der Waals surface area contributed by atoms with Crippen LogP contribution in [0.5, 0.6) is 0 Å². The van der Waals surface area contributed by atoms with Crippen molar-refractivity contribution in [2.45, 2.75) is 59.2 Å². The van der Waals surface area contributed by atoms with E-state index in [1.165, 1.54) is 11.0 Å². The van der Waals surface area contributed by atoms with Crippen molar-refractivity contribution >= 4 is 27.5 Å². The SMILES string of the molecule is CC[C@@H](C)NC(=O)[C@H](Cc1ccccc1)N(Cc1ccccc1F)C(=O)CN(c1cc(C)ccc1C)S(C)(=O)=O. The van der Waals surface area contributed by atoms with Gasteiger partial charge in [0.1, 0.15) is 18.4 Å². The van der Waals surface area contributed by atoms with Gasteiger partial charge in [0.05, 0.1) is 11.9 Å². The van der Waals surface area contributed by atoms with Crippen molar-refractivity contribution < 1.29 is 22.4 Å². The molecular formula is C31H38FN3O4S. The van der Waals surface area contributed by atoms with E-state index in [0.29, 0.717) is 17.7 Å². The van der Waals surface area contributed by atoms with Gasteiger partial charge in [0.15, 0.2) is 0 Å². The minimum absolute atomic E-state index is 0.154. The van der Waals surface area contributed by atoms with E-state index in [2.05, 4.69) is 5.32 Å². The Kier molecular flexibility index (Phi) is 10.5. The van der Waals surface area contributed by atoms with Crippen molar-refractivity contribution in [1.29, 1.82) is 0 Å². The zero-order chi connectivity index (χ0) is 29.4. The minimum Gasteiger partial charge on any atom is -0.352 e. The molecule has 0 bridgehead atoms. The van der Waals surface area contributed by atoms with Crippen LogP contribution < -0.4 is 9.62 Å². The molecule has 2 amide bonds. The van der Waals surface area contributed by atoms with Gasteiger partial charge in [-0.2, -0.15) is 0 Å². The molecular weight excluding hydrogens is 529 g/mol. The Balaban J connectivity index is 2.10. The zero-order valence-electron chi connectivity index (χ0n) is 23.7. The zero-order valence-corrected chi connectivity index (χ0v) is 24.5. The highest BCUT2D eigenvalue weighted by molar-refractivity contribution is 7.92. The summed E-state index contributed by atoms with van der Waals surface area (Å²) in [6.45, 7) is 6.66. The molecule has 0 saturated heterocycles. The van der Waals surface area contributed by atoms with Gasteiger partial charge in [-0.25, -0.2) is 12.8 Å². The van der Waals surface area contributed by atoms with Crippen molar-refractivity contribution in [3.63, 3.8) is 0 Å². The minimum atomic E-state index is -3.88. The standard InChI is InChI=1S/C31H38FN3O4S/c1-6-24(4)33-31(37)29(19-25-12-8-7-9-13-25)34(20-26-14-10-11-15-27(26)32)30(36)21-35(40(5,38)39)28-18-22(2)16-17-23(28)3/h7-18,24,29H,6,19-21H2,1-5H3,(H,33,37)/t24-,29+/m1/s1. The van der Waals surface area contributed by atoms with Gasteiger partial charge in [-0.3, -0.25) is 13.9 Å². The van der Waals surface area contributed by atoms with Crippen LogP contribution in [0.15, 0.2) is 72.8 Å². The van der Waals surface area contributed by atoms with Crippen molar-refractivity contribution in [1.82, 2.24) is 10.2 Å². The lowest BCUT2D eigenvalue weighted by Gasteiger charge is -2.34. The molecule has 3 aromatic carbocycles. The van der Waals surface area contributed by atoms with Crippen LogP contribution in [0.2, 0.25) is 0 Å². The van der Waals surface area contributed by atoms with Gasteiger partial charge in [-0.1, -0.05) is 67.6 Å². The van der Waals surface area contributed by atoms with Gasteiger partial charge in [0, 0.05) is 24.6 Å². The number of halogens is 1. The fourth-order valence-electron chi connectivity index (χ4n) is 4.39. The van der Waals surface area contributed by atoms with Crippen molar-refractivity contribution in [3.05, 3.63) is 101 Å². The lowest BCUT2D eigenvalue weighted by Crippen LogP contribution is -2.54. The summed E-state index contributed by atoms with van der Waals surface area (Å²) in [6.07, 6.45) is 1.89. The summed E-state index contributed by atoms with van der Waals surface area (Å²) in [4.78, 5) is 29.1. The maximum absolute atomic E-state index is 14.8. The highest BCUT2D eigenvalue weighted by Crippen LogP contribution is 2.25. The normalized spacial score (nSPS) is 12.8. The molecule has 0 spiro atoms. The molecule has 3 aromatic rings. The van der Waals surface area contributed by atoms with Crippen LogP contribution in [0.1, 0.15) is 42.5 Å². The molecule has 7 nitrogen and oxygen atoms in total. The molecule has 0 aliphatic carbocycles. The smallest absolute Gasteiger partial charge is 0.244 e. The molecule has 0 aliphatic rings. The van der Waals surface area contributed by atoms with Crippen LogP contribution in [0, 0.1) is 19.7 Å². The van der Waals surface area contributed by atoms with E-state index >= 15 is 0 Å². The summed E-state index contributed by atoms with van der Waals surface area (Å²) in [5.74, 6) is -1.52. The number of sulfonamides is 1. The van der Waals surface area contributed by atoms with Crippen LogP contribution in [0.25, 0.3) is 0 Å². The first-order chi connectivity index (χ1) is 18.9. The number of hydrogen-bond acceptors (Lipinski definition) is 4. The van der Waals surface area contributed by atoms with Crippen molar-refractivity contribution in [2.75, 3.05) is 17.1 Å². The summed E-state index contributed by atoms with van der Waals surface area (Å²) in [6, 6.07) is 19.5. The first kappa shape index (κ1) is 30.8. The number of carbonyl (C=O) groups is 2. The first-order valence-electron chi connectivity index (χ1n) is 13.3. The summed E-state index contributed by atoms with van der Waals surface area (Å²) in [7, 11) is -3.88. The van der Waals surface area contributed by atoms with Crippen LogP contribution in [0.3, 0.4) is 0 Å². The van der Waals surface area contributed by atoms with Gasteiger partial charge in [-0.05, 0) is 56.0 Å². The van der Waals surface area contributed by atoms with Crippen LogP contribution in [0.4, 0.5) is 10.1 Å². The van der Waals surface area contributed by atoms with Gasteiger partial charge in [0.2, 0.25) is 21.8 Å². The number of nitrogens with zero attached hydrogens (tertiary/aromatic N) is 2. The third kappa shape index (κ3) is 8.14. The summed E-state index contributed by atoms with van der Waals surface area (Å²) < 4.78 is 41.8. The van der Waals surface area contributed by atoms with Gasteiger partial charge >= 0.3 is 0 Å². The fourth-order valence-corrected chi connectivity index (χ4v) is 5.29. The maximum atomic E-state index is 14.8. The molecule has 9 heteroatoms. The van der Waals surface area contributed by atoms with Crippen molar-refractivity contribution in [3.8, 4) is 0 Å². The van der Waals surface area contributed by atoms with E-state index in [4.69, 9.17) is 0 Å². The quantitative estimate of drug-likeness (QED) is 0.342. The van der Waals surface area contributed by atoms with E-state index in [9.17, 15) is 22.4 Å². The molecule has 0 aliphatic heterocycles. The fraction of sp³-hybridized carbons (Fsp3) is 0.355. The maximum Gasteiger partial charge on any atom is 0.244 e. The molecule has 3 rings (SSSR count). The number of amides is 2. The second kappa shape index (κ2) is 13.6. The predicted molar refractivity (Wildman–Crippen MR) is 157 cm³/mol. The van der Waals surface area contributed by atoms with E-state index < -0.39 is 34.3 Å². The van der Waals surface area contributed by atoms with Crippen LogP contribution >= 0.6 is 0 Å². The summed E-state index contributed by atoms with van der Waals surface area (Å²) in [5, 5.41) is 2.96. The Hall–Kier alpha value is -3.72. The molecule has 0 heterocycles. The van der Waals surface area contributed by atoms with Crippen molar-refractivity contribution in [2.24, 2.45) is 0 Å². The molecule has 0 unspecified atom stereocenters. The highest BCUT2D eigenvalue weighted by atomic mass is 32.2. The number of anilines is 1. The molecule has 214 valence electrons. The van der Waals surface area contributed by atoms with Gasteiger partial charge in [0.25, 0.3) is 0 Å². The van der Waals surface area contributed by atoms with E-state index in [0.717, 1.165) is 21.7 Å². The molecule has 0 aromatic heterocycles. The third-order valence-corrected chi connectivity index (χ3v) is 8.01. The molecule has 0 radical (unpaired) electrons. The van der Waals surface area contributed by atoms with Crippen LogP contribution in [-0.4, -0.2) is 50.0 Å². The Bertz CT molecular complexity index is 1430. The van der Waals surface area contributed by atoms with Gasteiger partial charge in [-0.15, -0.1) is 0 Å². The molecule has 40 heavy (non-hydrogen) atoms. The predicted octanol–water partition coefficient (Wildman–Crippen LogP) is 4.76. The van der Waals surface area contributed by atoms with E-state index in [-0.39, 0.29) is 30.5 Å². The summed E-state index contributed by atoms with van der Waals surface area (Å²) >= 11 is 0. The number of aryl methyl sites for hydroxylation is 2. The lowest BCUT2D eigenvalue weighted by molar-refractivity contribution is -0.140. The Morgan fingerprint density at radius 1 is 0.975 bits per heavy atom. The average Bonchev–Trinajstić information content (AvgIpc) is 2.91. The van der Waals surface area contributed by atoms with E-state index in [1.807, 2.05) is 57.2 Å². The number of hydrogen-bond donors (Lipinski definition) is 1. The monoisotopic (exact) mass is 567 g/mol. The Morgan fingerprint density at radius 3 is 2.25 bits per heavy atom. The number of nitrogens with one attached hydrogen (secondary N) is 1. The molecule has 0 fully saturated rings. The number of carbonyl (C=O) groups excluding carboxylic acids is 2. The third-order valence-electron chi connectivity index (χ3n) is 6.88. The number of benzene rings is 3. The van der Waals surface area contributed by atoms with E-state index in [1.54, 1.807) is 37.3 Å². The van der Waals surface area contributed by atoms with Crippen LogP contribution in [-0.2, 0) is 32.6 Å².